The number of hydrazine groups is 1. The lowest BCUT2D eigenvalue weighted by Gasteiger charge is -2.19. The molecule has 3 heterocycles. The summed E-state index contributed by atoms with van der Waals surface area (Å²) in [4.78, 5) is 4.17. The van der Waals surface area contributed by atoms with Gasteiger partial charge in [-0.25, -0.2) is 10.4 Å². The van der Waals surface area contributed by atoms with Crippen molar-refractivity contribution >= 4 is 23.8 Å². The fraction of sp³-hybridized carbons (Fsp3) is 0.176. The number of hydrazone groups is 1. The molecule has 1 atom stereocenters. The third-order valence-corrected chi connectivity index (χ3v) is 3.95. The molecule has 22 heavy (non-hydrogen) atoms. The maximum atomic E-state index is 4.41. The molecular weight excluding hydrogens is 274 g/mol. The summed E-state index contributed by atoms with van der Waals surface area (Å²) in [5.74, 6) is 0. The first-order valence-electron chi connectivity index (χ1n) is 7.43. The van der Waals surface area contributed by atoms with Crippen molar-refractivity contribution < 1.29 is 0 Å². The highest BCUT2D eigenvalue weighted by atomic mass is 15.4. The van der Waals surface area contributed by atoms with Crippen LogP contribution in [0.3, 0.4) is 0 Å². The lowest BCUT2D eigenvalue weighted by Crippen LogP contribution is -2.20. The summed E-state index contributed by atoms with van der Waals surface area (Å²) in [6, 6.07) is 6.51. The van der Waals surface area contributed by atoms with Crippen LogP contribution < -0.4 is 15.9 Å². The van der Waals surface area contributed by atoms with Crippen LogP contribution in [0.2, 0.25) is 0 Å². The first-order valence-corrected chi connectivity index (χ1v) is 7.43. The highest BCUT2D eigenvalue weighted by Crippen LogP contribution is 2.37. The van der Waals surface area contributed by atoms with Crippen LogP contribution in [-0.2, 0) is 0 Å². The minimum Gasteiger partial charge on any atom is -0.320 e. The summed E-state index contributed by atoms with van der Waals surface area (Å²) in [5.41, 5.74) is 11.3. The van der Waals surface area contributed by atoms with Gasteiger partial charge in [-0.2, -0.15) is 5.10 Å². The Morgan fingerprint density at radius 2 is 2.23 bits per heavy atom. The normalized spacial score (nSPS) is 22.3. The molecule has 3 aliphatic heterocycles. The van der Waals surface area contributed by atoms with E-state index in [9.17, 15) is 0 Å². The number of allylic oxidation sites excluding steroid dienone is 3. The number of aliphatic imine (C=N–C) groups is 1. The van der Waals surface area contributed by atoms with Gasteiger partial charge in [-0.15, -0.1) is 0 Å². The number of anilines is 2. The number of rotatable bonds is 2. The zero-order valence-corrected chi connectivity index (χ0v) is 12.1. The van der Waals surface area contributed by atoms with Gasteiger partial charge >= 0.3 is 0 Å². The lowest BCUT2D eigenvalue weighted by molar-refractivity contribution is 0.700. The summed E-state index contributed by atoms with van der Waals surface area (Å²) < 4.78 is 0. The van der Waals surface area contributed by atoms with E-state index in [4.69, 9.17) is 0 Å². The third-order valence-electron chi connectivity index (χ3n) is 3.95. The summed E-state index contributed by atoms with van der Waals surface area (Å²) in [5, 5.41) is 6.32. The molecule has 2 N–H and O–H groups in total. The number of nitrogens with zero attached hydrogens (tertiary/aromatic N) is 3. The van der Waals surface area contributed by atoms with E-state index in [2.05, 4.69) is 57.4 Å². The van der Waals surface area contributed by atoms with Crippen LogP contribution >= 0.6 is 0 Å². The van der Waals surface area contributed by atoms with Crippen molar-refractivity contribution in [3.63, 3.8) is 0 Å². The van der Waals surface area contributed by atoms with E-state index in [1.165, 1.54) is 11.1 Å². The number of benzene rings is 1. The third kappa shape index (κ3) is 2.35. The zero-order valence-electron chi connectivity index (χ0n) is 12.1. The van der Waals surface area contributed by atoms with Gasteiger partial charge in [-0.1, -0.05) is 12.2 Å². The van der Waals surface area contributed by atoms with Crippen molar-refractivity contribution in [3.8, 4) is 0 Å². The van der Waals surface area contributed by atoms with Crippen LogP contribution in [-0.4, -0.2) is 12.4 Å². The van der Waals surface area contributed by atoms with Crippen molar-refractivity contribution in [2.24, 2.45) is 10.1 Å². The second-order valence-electron chi connectivity index (χ2n) is 5.37. The van der Waals surface area contributed by atoms with Gasteiger partial charge < -0.3 is 5.43 Å². The highest BCUT2D eigenvalue weighted by Gasteiger charge is 2.25. The molecule has 1 unspecified atom stereocenters. The molecule has 110 valence electrons. The first-order chi connectivity index (χ1) is 10.9. The Balaban J connectivity index is 1.68. The molecule has 3 aliphatic rings. The average molecular weight is 291 g/mol. The molecule has 0 aliphatic carbocycles. The SMILES string of the molecule is C1=CN(c2ccc3c(c2)C(C2=CC=NC=CC2)NN3)N=CC1. The van der Waals surface area contributed by atoms with E-state index >= 15 is 0 Å². The van der Waals surface area contributed by atoms with Gasteiger partial charge in [0.2, 0.25) is 0 Å². The molecule has 0 spiro atoms. The van der Waals surface area contributed by atoms with Gasteiger partial charge in [-0.3, -0.25) is 4.99 Å². The summed E-state index contributed by atoms with van der Waals surface area (Å²) >= 11 is 0. The smallest absolute Gasteiger partial charge is 0.0748 e. The summed E-state index contributed by atoms with van der Waals surface area (Å²) in [6.45, 7) is 0. The molecule has 4 rings (SSSR count). The molecule has 0 saturated carbocycles. The lowest BCUT2D eigenvalue weighted by atomic mass is 9.96. The van der Waals surface area contributed by atoms with Crippen molar-refractivity contribution in [3.05, 3.63) is 60.0 Å². The van der Waals surface area contributed by atoms with Gasteiger partial charge in [0.15, 0.2) is 0 Å². The second-order valence-corrected chi connectivity index (χ2v) is 5.37. The van der Waals surface area contributed by atoms with Crippen LogP contribution in [0.15, 0.2) is 64.5 Å². The highest BCUT2D eigenvalue weighted by molar-refractivity contribution is 5.75. The van der Waals surface area contributed by atoms with Crippen LogP contribution in [0.25, 0.3) is 0 Å². The minimum absolute atomic E-state index is 0.155. The quantitative estimate of drug-likeness (QED) is 0.879. The molecule has 5 nitrogen and oxygen atoms in total. The minimum atomic E-state index is 0.155. The van der Waals surface area contributed by atoms with Gasteiger partial charge in [0.05, 0.1) is 17.4 Å². The van der Waals surface area contributed by atoms with Crippen LogP contribution in [0.1, 0.15) is 24.4 Å². The number of fused-ring (bicyclic) bond motifs is 1. The molecule has 0 fully saturated rings. The maximum absolute atomic E-state index is 4.41. The Morgan fingerprint density at radius 1 is 1.23 bits per heavy atom. The fourth-order valence-corrected chi connectivity index (χ4v) is 2.83. The van der Waals surface area contributed by atoms with E-state index in [0.717, 1.165) is 24.2 Å². The molecule has 1 aromatic carbocycles. The number of nitrogens with one attached hydrogen (secondary N) is 2. The summed E-state index contributed by atoms with van der Waals surface area (Å²) in [7, 11) is 0. The van der Waals surface area contributed by atoms with E-state index < -0.39 is 0 Å². The van der Waals surface area contributed by atoms with Crippen molar-refractivity contribution in [1.82, 2.24) is 5.43 Å². The monoisotopic (exact) mass is 291 g/mol. The molecule has 0 saturated heterocycles. The Kier molecular flexibility index (Phi) is 3.33. The van der Waals surface area contributed by atoms with Gasteiger partial charge in [-0.05, 0) is 36.3 Å². The van der Waals surface area contributed by atoms with Crippen molar-refractivity contribution in [1.29, 1.82) is 0 Å². The number of hydrogen-bond donors (Lipinski definition) is 2. The van der Waals surface area contributed by atoms with E-state index in [1.807, 2.05) is 29.8 Å². The van der Waals surface area contributed by atoms with Crippen LogP contribution in [0, 0.1) is 0 Å². The van der Waals surface area contributed by atoms with Crippen LogP contribution in [0.4, 0.5) is 11.4 Å². The Bertz CT molecular complexity index is 715. The first kappa shape index (κ1) is 13.0. The van der Waals surface area contributed by atoms with E-state index in [1.54, 1.807) is 0 Å². The Labute approximate surface area is 129 Å². The largest absolute Gasteiger partial charge is 0.320 e. The van der Waals surface area contributed by atoms with E-state index in [0.29, 0.717) is 0 Å². The Morgan fingerprint density at radius 3 is 3.14 bits per heavy atom. The van der Waals surface area contributed by atoms with Gasteiger partial charge in [0.1, 0.15) is 0 Å². The van der Waals surface area contributed by atoms with Gasteiger partial charge in [0, 0.05) is 36.8 Å². The molecule has 0 radical (unpaired) electrons. The molecule has 1 aromatic rings. The molecule has 5 heteroatoms. The molecule has 0 amide bonds. The van der Waals surface area contributed by atoms with E-state index in [-0.39, 0.29) is 6.04 Å². The molecule has 0 aromatic heterocycles. The maximum Gasteiger partial charge on any atom is 0.0748 e. The fourth-order valence-electron chi connectivity index (χ4n) is 2.83. The Hall–Kier alpha value is -2.66. The molecular formula is C17H17N5. The predicted octanol–water partition coefficient (Wildman–Crippen LogP) is 3.28. The molecule has 0 bridgehead atoms. The van der Waals surface area contributed by atoms with Crippen molar-refractivity contribution in [2.75, 3.05) is 10.4 Å². The summed E-state index contributed by atoms with van der Waals surface area (Å²) in [6.07, 6.45) is 15.7. The zero-order chi connectivity index (χ0) is 14.8. The number of hydrogen-bond acceptors (Lipinski definition) is 5. The topological polar surface area (TPSA) is 52.0 Å². The predicted molar refractivity (Wildman–Crippen MR) is 91.0 cm³/mol. The average Bonchev–Trinajstić information content (AvgIpc) is 2.81. The second kappa shape index (κ2) is 5.61. The van der Waals surface area contributed by atoms with Crippen LogP contribution in [0.5, 0.6) is 0 Å². The van der Waals surface area contributed by atoms with Crippen molar-refractivity contribution in [2.45, 2.75) is 18.9 Å². The van der Waals surface area contributed by atoms with Gasteiger partial charge in [0.25, 0.3) is 0 Å². The standard InChI is InChI=1S/C17H17N5/c1-2-11-22(19-9-1)14-5-6-16-15(12-14)17(21-20-16)13-4-3-8-18-10-7-13/h2-3,5-12,17,20-21H,1,4H2.